The van der Waals surface area contributed by atoms with E-state index in [1.165, 1.54) is 14.1 Å². The number of carbonyl (C=O) groups excluding carboxylic acids is 1. The number of alkyl halides is 3. The van der Waals surface area contributed by atoms with Crippen molar-refractivity contribution in [2.24, 2.45) is 21.5 Å². The van der Waals surface area contributed by atoms with Gasteiger partial charge in [0, 0.05) is 18.6 Å². The summed E-state index contributed by atoms with van der Waals surface area (Å²) in [5.41, 5.74) is 9.44. The molecule has 0 unspecified atom stereocenters. The van der Waals surface area contributed by atoms with Crippen LogP contribution < -0.4 is 11.5 Å². The molecule has 2 rings (SSSR count). The molecule has 11 heteroatoms. The summed E-state index contributed by atoms with van der Waals surface area (Å²) in [5, 5.41) is 10.3. The number of hydrogen-bond donors (Lipinski definition) is 3. The van der Waals surface area contributed by atoms with E-state index in [0.717, 1.165) is 11.0 Å². The van der Waals surface area contributed by atoms with Gasteiger partial charge in [-0.1, -0.05) is 12.1 Å². The Balaban J connectivity index is 2.56. The number of nitrogens with two attached hydrogens (primary N) is 2. The monoisotopic (exact) mass is 471 g/mol. The number of aliphatic imine (C=N–C) groups is 2. The number of aromatic hydroxyl groups is 1. The lowest BCUT2D eigenvalue weighted by Gasteiger charge is -2.18. The maximum absolute atomic E-state index is 13.3. The van der Waals surface area contributed by atoms with Crippen LogP contribution in [0, 0.1) is 0 Å². The van der Waals surface area contributed by atoms with Crippen LogP contribution in [0.4, 0.5) is 24.5 Å². The molecule has 0 saturated carbocycles. The van der Waals surface area contributed by atoms with Crippen LogP contribution in [0.3, 0.4) is 0 Å². The molecule has 2 aromatic rings. The second kappa shape index (κ2) is 8.52. The van der Waals surface area contributed by atoms with Gasteiger partial charge in [0.05, 0.1) is 16.8 Å². The van der Waals surface area contributed by atoms with Crippen LogP contribution in [0.25, 0.3) is 0 Å². The van der Waals surface area contributed by atoms with Crippen molar-refractivity contribution in [2.45, 2.75) is 6.18 Å². The van der Waals surface area contributed by atoms with Crippen LogP contribution in [0.1, 0.15) is 15.9 Å². The fourth-order valence-electron chi connectivity index (χ4n) is 2.26. The average molecular weight is 472 g/mol. The zero-order valence-electron chi connectivity index (χ0n) is 15.3. The first-order chi connectivity index (χ1) is 13.4. The minimum atomic E-state index is -4.85. The van der Waals surface area contributed by atoms with Crippen molar-refractivity contribution in [1.29, 1.82) is 0 Å². The molecule has 0 fully saturated rings. The van der Waals surface area contributed by atoms with Gasteiger partial charge in [-0.2, -0.15) is 13.2 Å². The fourth-order valence-corrected chi connectivity index (χ4v) is 2.64. The lowest BCUT2D eigenvalue weighted by molar-refractivity contribution is -0.138. The molecule has 0 heterocycles. The van der Waals surface area contributed by atoms with Gasteiger partial charge in [-0.15, -0.1) is 0 Å². The highest BCUT2D eigenvalue weighted by Crippen LogP contribution is 2.41. The molecule has 0 saturated heterocycles. The largest absolute Gasteiger partial charge is 0.505 e. The number of carbonyl (C=O) groups is 1. The predicted molar refractivity (Wildman–Crippen MR) is 108 cm³/mol. The van der Waals surface area contributed by atoms with Gasteiger partial charge >= 0.3 is 6.18 Å². The molecule has 0 aromatic heterocycles. The number of hydrogen-bond acceptors (Lipinski definition) is 4. The minimum Gasteiger partial charge on any atom is -0.505 e. The Labute approximate surface area is 172 Å². The van der Waals surface area contributed by atoms with Gasteiger partial charge in [0.2, 0.25) is 0 Å². The van der Waals surface area contributed by atoms with Crippen molar-refractivity contribution >= 4 is 44.9 Å². The van der Waals surface area contributed by atoms with Crippen LogP contribution in [-0.4, -0.2) is 41.7 Å². The first-order valence-corrected chi connectivity index (χ1v) is 8.80. The summed E-state index contributed by atoms with van der Waals surface area (Å²) in [6.45, 7) is 0. The summed E-state index contributed by atoms with van der Waals surface area (Å²) >= 11 is 3.29. The topological polar surface area (TPSA) is 117 Å². The number of phenols is 1. The molecule has 2 aromatic carbocycles. The Kier molecular flexibility index (Phi) is 6.52. The third kappa shape index (κ3) is 5.05. The second-order valence-corrected chi connectivity index (χ2v) is 6.85. The Morgan fingerprint density at radius 2 is 1.59 bits per heavy atom. The molecule has 7 nitrogen and oxygen atoms in total. The van der Waals surface area contributed by atoms with E-state index in [1.807, 2.05) is 0 Å². The molecular formula is C18H17BrF3N5O2. The number of amidine groups is 2. The van der Waals surface area contributed by atoms with Crippen LogP contribution >= 0.6 is 15.9 Å². The number of nitrogens with zero attached hydrogens (tertiary/aromatic N) is 3. The summed E-state index contributed by atoms with van der Waals surface area (Å²) in [4.78, 5) is 21.0. The number of halogens is 4. The van der Waals surface area contributed by atoms with E-state index >= 15 is 0 Å². The zero-order chi connectivity index (χ0) is 21.9. The van der Waals surface area contributed by atoms with E-state index in [0.29, 0.717) is 16.2 Å². The van der Waals surface area contributed by atoms with E-state index < -0.39 is 29.0 Å². The molecule has 1 amide bonds. The number of benzene rings is 2. The van der Waals surface area contributed by atoms with Crippen LogP contribution in [0.2, 0.25) is 0 Å². The van der Waals surface area contributed by atoms with Crippen LogP contribution in [0.15, 0.2) is 50.9 Å². The maximum Gasteiger partial charge on any atom is 0.417 e. The normalized spacial score (nSPS) is 12.8. The van der Waals surface area contributed by atoms with Crippen molar-refractivity contribution in [3.63, 3.8) is 0 Å². The summed E-state index contributed by atoms with van der Waals surface area (Å²) < 4.78 is 40.4. The Morgan fingerprint density at radius 1 is 1.03 bits per heavy atom. The summed E-state index contributed by atoms with van der Waals surface area (Å²) in [7, 11) is 2.52. The molecule has 29 heavy (non-hydrogen) atoms. The molecule has 154 valence electrons. The standard InChI is InChI=1S/C18H17BrF3N5O2/c1-27(2)17(29)13-9(18(20,21)22)7-8-12(14(13)28)26-16(24)15(23)25-11-6-4-3-5-10(11)19/h3-8,28H,1-2H3,(H2,23,25)(H2,24,26). The minimum absolute atomic E-state index is 0.225. The quantitative estimate of drug-likeness (QED) is 0.468. The highest BCUT2D eigenvalue weighted by Gasteiger charge is 2.38. The molecule has 0 aliphatic rings. The number of amides is 1. The smallest absolute Gasteiger partial charge is 0.417 e. The van der Waals surface area contributed by atoms with Gasteiger partial charge in [0.1, 0.15) is 5.69 Å². The highest BCUT2D eigenvalue weighted by atomic mass is 79.9. The van der Waals surface area contributed by atoms with Crippen LogP contribution in [-0.2, 0) is 6.18 Å². The summed E-state index contributed by atoms with van der Waals surface area (Å²) in [5.74, 6) is -2.58. The van der Waals surface area contributed by atoms with Gasteiger partial charge in [-0.25, -0.2) is 9.98 Å². The molecular weight excluding hydrogens is 455 g/mol. The lowest BCUT2D eigenvalue weighted by atomic mass is 10.0. The highest BCUT2D eigenvalue weighted by molar-refractivity contribution is 9.10. The third-order valence-corrected chi connectivity index (χ3v) is 4.35. The maximum atomic E-state index is 13.3. The van der Waals surface area contributed by atoms with Crippen LogP contribution in [0.5, 0.6) is 5.75 Å². The predicted octanol–water partition coefficient (Wildman–Crippen LogP) is 3.55. The zero-order valence-corrected chi connectivity index (χ0v) is 16.9. The molecule has 0 spiro atoms. The summed E-state index contributed by atoms with van der Waals surface area (Å²) in [6.07, 6.45) is -4.85. The van der Waals surface area contributed by atoms with Gasteiger partial charge in [0.15, 0.2) is 17.4 Å². The Morgan fingerprint density at radius 3 is 2.10 bits per heavy atom. The van der Waals surface area contributed by atoms with E-state index in [1.54, 1.807) is 24.3 Å². The van der Waals surface area contributed by atoms with Gasteiger partial charge in [-0.05, 0) is 40.2 Å². The Hall–Kier alpha value is -3.08. The molecule has 5 N–H and O–H groups in total. The Bertz CT molecular complexity index is 1000. The molecule has 0 atom stereocenters. The first kappa shape index (κ1) is 22.2. The second-order valence-electron chi connectivity index (χ2n) is 6.00. The van der Waals surface area contributed by atoms with Gasteiger partial charge in [-0.3, -0.25) is 4.79 Å². The van der Waals surface area contributed by atoms with E-state index in [2.05, 4.69) is 25.9 Å². The molecule has 0 bridgehead atoms. The van der Waals surface area contributed by atoms with E-state index in [4.69, 9.17) is 11.5 Å². The summed E-state index contributed by atoms with van der Waals surface area (Å²) in [6, 6.07) is 8.38. The molecule has 0 aliphatic heterocycles. The van der Waals surface area contributed by atoms with Crippen molar-refractivity contribution in [1.82, 2.24) is 4.90 Å². The number of phenolic OH excluding ortho intramolecular Hbond substituents is 1. The fraction of sp³-hybridized carbons (Fsp3) is 0.167. The van der Waals surface area contributed by atoms with E-state index in [9.17, 15) is 23.1 Å². The van der Waals surface area contributed by atoms with Gasteiger partial charge in [0.25, 0.3) is 5.91 Å². The van der Waals surface area contributed by atoms with Crippen molar-refractivity contribution in [3.05, 3.63) is 52.0 Å². The first-order valence-electron chi connectivity index (χ1n) is 8.01. The van der Waals surface area contributed by atoms with Crippen molar-refractivity contribution < 1.29 is 23.1 Å². The average Bonchev–Trinajstić information content (AvgIpc) is 2.63. The van der Waals surface area contributed by atoms with Gasteiger partial charge < -0.3 is 21.5 Å². The van der Waals surface area contributed by atoms with E-state index in [-0.39, 0.29) is 17.4 Å². The molecule has 0 aliphatic carbocycles. The third-order valence-electron chi connectivity index (χ3n) is 3.68. The number of para-hydroxylation sites is 1. The molecule has 0 radical (unpaired) electrons. The SMILES string of the molecule is CN(C)C(=O)c1c(C(F)(F)F)ccc(N=C(N)C(N)=Nc2ccccc2Br)c1O. The lowest BCUT2D eigenvalue weighted by Crippen LogP contribution is -2.31. The number of rotatable bonds is 3. The van der Waals surface area contributed by atoms with Crippen molar-refractivity contribution in [2.75, 3.05) is 14.1 Å². The van der Waals surface area contributed by atoms with Crippen molar-refractivity contribution in [3.8, 4) is 5.75 Å².